The number of nitrogens with zero attached hydrogens (tertiary/aromatic N) is 2. The second kappa shape index (κ2) is 31.9. The van der Waals surface area contributed by atoms with Crippen LogP contribution >= 0.6 is 0 Å². The first-order valence-electron chi connectivity index (χ1n) is 23.7. The first kappa shape index (κ1) is 54.4. The van der Waals surface area contributed by atoms with Gasteiger partial charge >= 0.3 is 0 Å². The lowest BCUT2D eigenvalue weighted by atomic mass is 9.83. The lowest BCUT2D eigenvalue weighted by Crippen LogP contribution is -2.31. The van der Waals surface area contributed by atoms with E-state index in [1.165, 1.54) is 51.4 Å². The summed E-state index contributed by atoms with van der Waals surface area (Å²) in [4.78, 5) is 2.15. The van der Waals surface area contributed by atoms with Crippen molar-refractivity contribution in [2.24, 2.45) is 0 Å². The van der Waals surface area contributed by atoms with Crippen molar-refractivity contribution >= 4 is 17.0 Å². The quantitative estimate of drug-likeness (QED) is 0.0509. The molecule has 0 amide bonds. The predicted molar refractivity (Wildman–Crippen MR) is 258 cm³/mol. The van der Waals surface area contributed by atoms with Gasteiger partial charge in [-0.3, -0.25) is 0 Å². The number of rotatable bonds is 35. The van der Waals surface area contributed by atoms with Crippen molar-refractivity contribution in [1.29, 1.82) is 0 Å². The zero-order valence-electron chi connectivity index (χ0n) is 41.0. The summed E-state index contributed by atoms with van der Waals surface area (Å²) in [6.07, 6.45) is 17.9. The molecule has 0 heterocycles. The molecule has 0 fully saturated rings. The molecule has 0 saturated carbocycles. The molecule has 0 radical (unpaired) electrons. The van der Waals surface area contributed by atoms with Gasteiger partial charge in [-0.1, -0.05) is 78.1 Å². The van der Waals surface area contributed by atoms with Gasteiger partial charge in [0.1, 0.15) is 24.7 Å². The largest absolute Gasteiger partial charge is 0.496 e. The second-order valence-corrected chi connectivity index (χ2v) is 16.4. The van der Waals surface area contributed by atoms with Crippen molar-refractivity contribution in [3.8, 4) is 11.5 Å². The van der Waals surface area contributed by atoms with Gasteiger partial charge in [0.15, 0.2) is 24.6 Å². The normalized spacial score (nSPS) is 12.6. The van der Waals surface area contributed by atoms with Crippen molar-refractivity contribution in [2.75, 3.05) is 113 Å². The predicted octanol–water partition coefficient (Wildman–Crippen LogP) is 9.18. The topological polar surface area (TPSA) is 121 Å². The number of ether oxygens (including phenoxy) is 8. The molecular weight excluding hydrogens is 813 g/mol. The lowest BCUT2D eigenvalue weighted by Gasteiger charge is -2.29. The summed E-state index contributed by atoms with van der Waals surface area (Å²) in [7, 11) is 10.0. The molecular formula is C52H83N2O10+. The smallest absolute Gasteiger partial charge is 0.207 e. The van der Waals surface area contributed by atoms with Crippen LogP contribution in [0.25, 0.3) is 5.57 Å². The van der Waals surface area contributed by atoms with Gasteiger partial charge in [-0.15, -0.1) is 0 Å². The Hall–Kier alpha value is -3.91. The molecule has 12 nitrogen and oxygen atoms in total. The van der Waals surface area contributed by atoms with Crippen LogP contribution in [0.4, 0.5) is 5.69 Å². The average Bonchev–Trinajstić information content (AvgIpc) is 3.31. The van der Waals surface area contributed by atoms with E-state index < -0.39 is 0 Å². The van der Waals surface area contributed by atoms with E-state index in [4.69, 9.17) is 37.9 Å². The van der Waals surface area contributed by atoms with Gasteiger partial charge in [0.2, 0.25) is 5.71 Å². The highest BCUT2D eigenvalue weighted by Crippen LogP contribution is 2.44. The Labute approximate surface area is 385 Å². The molecule has 0 atom stereocenters. The van der Waals surface area contributed by atoms with Crippen LogP contribution in [0.3, 0.4) is 0 Å². The molecule has 2 aromatic rings. The molecule has 1 aliphatic carbocycles. The minimum absolute atomic E-state index is 0.299. The minimum atomic E-state index is -0.299. The average molecular weight is 896 g/mol. The standard InChI is InChI=1S/C52H83N2O10/c1-10-12-14-16-18-20-26-63-48-35-41(32-40(3)52(48)64-27-21-19-17-15-13-11-2)50(49-42(38-55)33-44(34-43(49)39-56)53(22-28-57-4)23-29-58-5)51-46(61-8)36-45(37-47(51)62-9)54(24-30-59-6)25-31-60-7/h32-37,55-56H,10-31,38-39H2,1-9H3/q+1. The van der Waals surface area contributed by atoms with Crippen LogP contribution in [0.15, 0.2) is 53.5 Å². The summed E-state index contributed by atoms with van der Waals surface area (Å²) in [6, 6.07) is 8.14. The molecule has 2 aromatic carbocycles. The molecule has 2 N–H and O–H groups in total. The number of benzene rings is 2. The van der Waals surface area contributed by atoms with Crippen molar-refractivity contribution in [3.63, 3.8) is 0 Å². The molecule has 1 aliphatic rings. The maximum atomic E-state index is 11.3. The van der Waals surface area contributed by atoms with Crippen LogP contribution in [0.2, 0.25) is 0 Å². The monoisotopic (exact) mass is 896 g/mol. The first-order chi connectivity index (χ1) is 31.3. The maximum Gasteiger partial charge on any atom is 0.207 e. The summed E-state index contributed by atoms with van der Waals surface area (Å²) in [5, 5.41) is 22.7. The number of hydrogen-bond donors (Lipinski definition) is 2. The number of methoxy groups -OCH3 is 6. The molecule has 360 valence electrons. The highest BCUT2D eigenvalue weighted by molar-refractivity contribution is 6.06. The van der Waals surface area contributed by atoms with Gasteiger partial charge in [-0.05, 0) is 71.8 Å². The number of hydrogen-bond acceptors (Lipinski definition) is 11. The fourth-order valence-electron chi connectivity index (χ4n) is 8.09. The highest BCUT2D eigenvalue weighted by Gasteiger charge is 2.32. The summed E-state index contributed by atoms with van der Waals surface area (Å²) < 4.78 is 50.0. The molecule has 3 rings (SSSR count). The van der Waals surface area contributed by atoms with E-state index in [2.05, 4.69) is 36.3 Å². The Morgan fingerprint density at radius 2 is 1.06 bits per heavy atom. The van der Waals surface area contributed by atoms with E-state index in [1.807, 2.05) is 30.4 Å². The van der Waals surface area contributed by atoms with Gasteiger partial charge < -0.3 is 53.0 Å². The van der Waals surface area contributed by atoms with Gasteiger partial charge in [0.25, 0.3) is 0 Å². The van der Waals surface area contributed by atoms with Crippen LogP contribution in [0, 0.1) is 6.92 Å². The Kier molecular flexibility index (Phi) is 27.1. The molecule has 0 aromatic heterocycles. The summed E-state index contributed by atoms with van der Waals surface area (Å²) >= 11 is 0. The van der Waals surface area contributed by atoms with E-state index in [9.17, 15) is 10.2 Å². The maximum absolute atomic E-state index is 11.3. The van der Waals surface area contributed by atoms with E-state index in [0.29, 0.717) is 105 Å². The van der Waals surface area contributed by atoms with Crippen LogP contribution < -0.4 is 14.4 Å². The molecule has 12 heteroatoms. The van der Waals surface area contributed by atoms with E-state index >= 15 is 0 Å². The van der Waals surface area contributed by atoms with Crippen LogP contribution in [-0.2, 0) is 41.6 Å². The third kappa shape index (κ3) is 16.8. The van der Waals surface area contributed by atoms with Crippen LogP contribution in [-0.4, -0.2) is 129 Å². The summed E-state index contributed by atoms with van der Waals surface area (Å²) in [5.74, 6) is 2.50. The number of unbranched alkanes of at least 4 members (excludes halogenated alkanes) is 10. The first-order valence-corrected chi connectivity index (χ1v) is 23.7. The molecule has 0 unspecified atom stereocenters. The number of anilines is 1. The van der Waals surface area contributed by atoms with Gasteiger partial charge in [-0.2, -0.15) is 0 Å². The summed E-state index contributed by atoms with van der Waals surface area (Å²) in [6.45, 7) is 11.5. The third-order valence-corrected chi connectivity index (χ3v) is 11.6. The number of aryl methyl sites for hydroxylation is 1. The number of aliphatic hydroxyl groups is 2. The third-order valence-electron chi connectivity index (χ3n) is 11.6. The van der Waals surface area contributed by atoms with E-state index in [1.54, 1.807) is 42.7 Å². The minimum Gasteiger partial charge on any atom is -0.496 e. The van der Waals surface area contributed by atoms with Crippen LogP contribution in [0.5, 0.6) is 11.5 Å². The zero-order valence-corrected chi connectivity index (χ0v) is 41.0. The van der Waals surface area contributed by atoms with Crippen LogP contribution in [0.1, 0.15) is 119 Å². The fourth-order valence-corrected chi connectivity index (χ4v) is 8.09. The van der Waals surface area contributed by atoms with E-state index in [0.717, 1.165) is 59.5 Å². The van der Waals surface area contributed by atoms with Gasteiger partial charge in [-0.25, -0.2) is 4.58 Å². The lowest BCUT2D eigenvalue weighted by molar-refractivity contribution is -0.531. The van der Waals surface area contributed by atoms with Gasteiger partial charge in [0, 0.05) is 52.8 Å². The fraction of sp³-hybridized carbons (Fsp3) is 0.635. The van der Waals surface area contributed by atoms with Crippen molar-refractivity contribution in [2.45, 2.75) is 111 Å². The van der Waals surface area contributed by atoms with E-state index in [-0.39, 0.29) is 13.2 Å². The number of allylic oxidation sites excluding steroid dienone is 2. The molecule has 0 bridgehead atoms. The second-order valence-electron chi connectivity index (χ2n) is 16.4. The number of aliphatic hydroxyl groups excluding tert-OH is 2. The Morgan fingerprint density at radius 3 is 1.53 bits per heavy atom. The van der Waals surface area contributed by atoms with Gasteiger partial charge in [0.05, 0.1) is 71.6 Å². The SMILES string of the molecule is CCCCCCCCOc1cc(C(=C2C(OC)=CC(=[N+](CCOC)CCOC)C=C2OC)c2c(CO)cc(N(CCOC)CCOC)cc2CO)cc(C)c1OCCCCCCCC. The Bertz CT molecular complexity index is 1720. The zero-order chi connectivity index (χ0) is 46.5. The molecule has 0 spiro atoms. The molecule has 0 aliphatic heterocycles. The van der Waals surface area contributed by atoms with Crippen molar-refractivity contribution in [1.82, 2.24) is 0 Å². The Balaban J connectivity index is 2.43. The molecule has 0 saturated heterocycles. The van der Waals surface area contributed by atoms with Crippen molar-refractivity contribution < 1.29 is 52.7 Å². The molecule has 64 heavy (non-hydrogen) atoms. The Morgan fingerprint density at radius 1 is 0.578 bits per heavy atom. The summed E-state index contributed by atoms with van der Waals surface area (Å²) in [5.41, 5.74) is 6.74. The highest BCUT2D eigenvalue weighted by atomic mass is 16.5. The van der Waals surface area contributed by atoms with Crippen molar-refractivity contribution in [3.05, 3.63) is 81.3 Å².